The Morgan fingerprint density at radius 2 is 1.82 bits per heavy atom. The third kappa shape index (κ3) is 4.46. The van der Waals surface area contributed by atoms with Crippen LogP contribution in [0.4, 0.5) is 26.0 Å². The van der Waals surface area contributed by atoms with Crippen molar-refractivity contribution in [3.05, 3.63) is 84.4 Å². The molecule has 1 aliphatic heterocycles. The first-order valence-corrected chi connectivity index (χ1v) is 12.7. The zero-order chi connectivity index (χ0) is 27.8. The van der Waals surface area contributed by atoms with Crippen LogP contribution in [0.15, 0.2) is 67.3 Å². The van der Waals surface area contributed by atoms with E-state index in [1.165, 1.54) is 6.07 Å². The molecule has 1 aromatic carbocycles. The molecule has 5 heterocycles. The highest BCUT2D eigenvalue weighted by Crippen LogP contribution is 2.46. The van der Waals surface area contributed by atoms with Crippen LogP contribution in [0.3, 0.4) is 0 Å². The molecule has 5 aromatic rings. The number of halogens is 2. The summed E-state index contributed by atoms with van der Waals surface area (Å²) in [5, 5.41) is 3.61. The number of benzene rings is 1. The highest BCUT2D eigenvalue weighted by molar-refractivity contribution is 6.01. The summed E-state index contributed by atoms with van der Waals surface area (Å²) in [6.45, 7) is 3.14. The summed E-state index contributed by atoms with van der Waals surface area (Å²) in [6, 6.07) is 11.3. The number of pyridine rings is 4. The highest BCUT2D eigenvalue weighted by Gasteiger charge is 2.32. The molecule has 0 spiro atoms. The first-order chi connectivity index (χ1) is 19.5. The third-order valence-electron chi connectivity index (χ3n) is 7.08. The molecular formula is C30H26F2N6O2. The number of hydrogen-bond acceptors (Lipinski definition) is 8. The normalized spacial score (nSPS) is 13.4. The Bertz CT molecular complexity index is 1700. The molecule has 0 aliphatic carbocycles. The maximum Gasteiger partial charge on any atom is 0.185 e. The molecule has 0 radical (unpaired) electrons. The Balaban J connectivity index is 1.60. The quantitative estimate of drug-likeness (QED) is 0.272. The van der Waals surface area contributed by atoms with Crippen LogP contribution in [0.2, 0.25) is 0 Å². The Morgan fingerprint density at radius 1 is 0.975 bits per heavy atom. The van der Waals surface area contributed by atoms with E-state index < -0.39 is 11.6 Å². The van der Waals surface area contributed by atoms with Crippen molar-refractivity contribution in [2.45, 2.75) is 13.0 Å². The molecule has 40 heavy (non-hydrogen) atoms. The van der Waals surface area contributed by atoms with Gasteiger partial charge in [-0.3, -0.25) is 9.97 Å². The molecule has 6 rings (SSSR count). The van der Waals surface area contributed by atoms with Crippen molar-refractivity contribution >= 4 is 28.1 Å². The summed E-state index contributed by atoms with van der Waals surface area (Å²) < 4.78 is 41.2. The Morgan fingerprint density at radius 3 is 2.52 bits per heavy atom. The number of methoxy groups -OCH3 is 2. The lowest BCUT2D eigenvalue weighted by molar-refractivity contribution is 0.0780. The van der Waals surface area contributed by atoms with Gasteiger partial charge in [0, 0.05) is 73.8 Å². The van der Waals surface area contributed by atoms with Crippen LogP contribution in [0.5, 0.6) is 5.75 Å². The first-order valence-electron chi connectivity index (χ1n) is 12.7. The molecule has 0 bridgehead atoms. The molecule has 1 saturated heterocycles. The van der Waals surface area contributed by atoms with Crippen LogP contribution in [0.1, 0.15) is 5.56 Å². The minimum absolute atomic E-state index is 0.0947. The van der Waals surface area contributed by atoms with Gasteiger partial charge in [0.25, 0.3) is 0 Å². The van der Waals surface area contributed by atoms with E-state index in [1.807, 2.05) is 31.2 Å². The zero-order valence-corrected chi connectivity index (χ0v) is 22.2. The van der Waals surface area contributed by atoms with Gasteiger partial charge in [0.15, 0.2) is 11.6 Å². The lowest BCUT2D eigenvalue weighted by Gasteiger charge is -2.40. The minimum atomic E-state index is -0.734. The van der Waals surface area contributed by atoms with Gasteiger partial charge in [-0.1, -0.05) is 12.1 Å². The maximum atomic E-state index is 15.5. The van der Waals surface area contributed by atoms with Crippen LogP contribution in [0, 0.1) is 18.6 Å². The van der Waals surface area contributed by atoms with Crippen molar-refractivity contribution in [3.63, 3.8) is 0 Å². The largest absolute Gasteiger partial charge is 0.491 e. The molecule has 1 fully saturated rings. The molecule has 0 amide bonds. The van der Waals surface area contributed by atoms with Crippen molar-refractivity contribution in [1.29, 1.82) is 0 Å². The van der Waals surface area contributed by atoms with Gasteiger partial charge in [-0.15, -0.1) is 0 Å². The van der Waals surface area contributed by atoms with Gasteiger partial charge in [0.05, 0.1) is 46.9 Å². The molecule has 4 aromatic heterocycles. The van der Waals surface area contributed by atoms with Crippen LogP contribution in [0.25, 0.3) is 33.4 Å². The van der Waals surface area contributed by atoms with Crippen molar-refractivity contribution < 1.29 is 18.3 Å². The lowest BCUT2D eigenvalue weighted by Crippen LogP contribution is -2.52. The molecule has 10 heteroatoms. The maximum absolute atomic E-state index is 15.5. The Kier molecular flexibility index (Phi) is 6.69. The predicted octanol–water partition coefficient (Wildman–Crippen LogP) is 5.93. The summed E-state index contributed by atoms with van der Waals surface area (Å²) in [4.78, 5) is 20.1. The summed E-state index contributed by atoms with van der Waals surface area (Å²) in [7, 11) is 3.25. The van der Waals surface area contributed by atoms with Gasteiger partial charge in [-0.05, 0) is 25.1 Å². The molecule has 202 valence electrons. The number of anilines is 3. The van der Waals surface area contributed by atoms with Crippen LogP contribution < -0.4 is 15.0 Å². The van der Waals surface area contributed by atoms with Gasteiger partial charge < -0.3 is 19.7 Å². The fourth-order valence-corrected chi connectivity index (χ4v) is 4.97. The van der Waals surface area contributed by atoms with E-state index in [1.54, 1.807) is 45.1 Å². The topological polar surface area (TPSA) is 85.3 Å². The van der Waals surface area contributed by atoms with Crippen molar-refractivity contribution in [2.75, 3.05) is 37.5 Å². The molecule has 8 nitrogen and oxygen atoms in total. The van der Waals surface area contributed by atoms with Crippen LogP contribution in [-0.4, -0.2) is 53.3 Å². The van der Waals surface area contributed by atoms with E-state index in [4.69, 9.17) is 14.5 Å². The van der Waals surface area contributed by atoms with E-state index in [-0.39, 0.29) is 17.0 Å². The predicted molar refractivity (Wildman–Crippen MR) is 150 cm³/mol. The van der Waals surface area contributed by atoms with E-state index >= 15 is 4.39 Å². The standard InChI is InChI=1S/C30H26F2N6O2/c1-17-26(23-8-4-5-10-34-23)36-24-12-19(31)11-22(32)25(24)27(17)37-28-21(18-7-6-9-33-13-18)14-35-30(29(28)40-3)38-15-20(16-38)39-2/h4-14,20H,15-16H2,1-3H3,(H,35,36,37). The van der Waals surface area contributed by atoms with Crippen molar-refractivity contribution in [3.8, 4) is 28.3 Å². The summed E-state index contributed by atoms with van der Waals surface area (Å²) in [5.41, 5.74) is 4.34. The van der Waals surface area contributed by atoms with E-state index in [9.17, 15) is 4.39 Å². The third-order valence-corrected chi connectivity index (χ3v) is 7.08. The Hall–Kier alpha value is -4.70. The van der Waals surface area contributed by atoms with Gasteiger partial charge in [0.2, 0.25) is 0 Å². The molecular weight excluding hydrogens is 514 g/mol. The minimum Gasteiger partial charge on any atom is -0.491 e. The smallest absolute Gasteiger partial charge is 0.185 e. The van der Waals surface area contributed by atoms with Gasteiger partial charge in [-0.25, -0.2) is 18.7 Å². The molecule has 1 aliphatic rings. The fraction of sp³-hybridized carbons (Fsp3) is 0.200. The average Bonchev–Trinajstić information content (AvgIpc) is 2.94. The molecule has 1 N–H and O–H groups in total. The van der Waals surface area contributed by atoms with E-state index in [2.05, 4.69) is 25.2 Å². The number of ether oxygens (including phenoxy) is 2. The van der Waals surface area contributed by atoms with E-state index in [0.717, 1.165) is 11.6 Å². The fourth-order valence-electron chi connectivity index (χ4n) is 4.97. The molecule has 0 unspecified atom stereocenters. The highest BCUT2D eigenvalue weighted by atomic mass is 19.1. The second-order valence-corrected chi connectivity index (χ2v) is 9.49. The lowest BCUT2D eigenvalue weighted by atomic mass is 10.0. The van der Waals surface area contributed by atoms with Crippen LogP contribution in [-0.2, 0) is 4.74 Å². The van der Waals surface area contributed by atoms with Gasteiger partial charge in [0.1, 0.15) is 11.6 Å². The number of nitrogens with zero attached hydrogens (tertiary/aromatic N) is 5. The van der Waals surface area contributed by atoms with Crippen LogP contribution >= 0.6 is 0 Å². The first kappa shape index (κ1) is 25.6. The number of fused-ring (bicyclic) bond motifs is 1. The second-order valence-electron chi connectivity index (χ2n) is 9.49. The number of rotatable bonds is 7. The summed E-state index contributed by atoms with van der Waals surface area (Å²) >= 11 is 0. The SMILES string of the molecule is COc1c(N2CC(OC)C2)ncc(-c2cccnc2)c1Nc1c(C)c(-c2ccccn2)nc2cc(F)cc(F)c12. The van der Waals surface area contributed by atoms with Crippen molar-refractivity contribution in [1.82, 2.24) is 19.9 Å². The second kappa shape index (κ2) is 10.5. The number of nitrogens with one attached hydrogen (secondary N) is 1. The average molecular weight is 541 g/mol. The molecule has 0 atom stereocenters. The monoisotopic (exact) mass is 540 g/mol. The van der Waals surface area contributed by atoms with E-state index in [0.29, 0.717) is 58.5 Å². The Labute approximate surface area is 229 Å². The summed E-state index contributed by atoms with van der Waals surface area (Å²) in [6.07, 6.45) is 6.89. The van der Waals surface area contributed by atoms with Gasteiger partial charge in [-0.2, -0.15) is 0 Å². The number of aromatic nitrogens is 4. The van der Waals surface area contributed by atoms with Gasteiger partial charge >= 0.3 is 0 Å². The summed E-state index contributed by atoms with van der Waals surface area (Å²) in [5.74, 6) is -0.354. The molecule has 0 saturated carbocycles. The zero-order valence-electron chi connectivity index (χ0n) is 22.2. The van der Waals surface area contributed by atoms with Crippen molar-refractivity contribution in [2.24, 2.45) is 0 Å². The number of hydrogen-bond donors (Lipinski definition) is 1.